The Balaban J connectivity index is 2.18. The van der Waals surface area contributed by atoms with Gasteiger partial charge in [-0.15, -0.1) is 5.06 Å². The molecule has 0 amide bonds. The third-order valence-electron chi connectivity index (χ3n) is 4.11. The zero-order chi connectivity index (χ0) is 21.0. The van der Waals surface area contributed by atoms with E-state index in [1.165, 1.54) is 24.2 Å². The first-order valence-corrected chi connectivity index (χ1v) is 9.22. The minimum Gasteiger partial charge on any atom is -0.420 e. The first-order chi connectivity index (χ1) is 13.1. The monoisotopic (exact) mass is 437 g/mol. The fraction of sp³-hybridized carbons (Fsp3) is 0.529. The summed E-state index contributed by atoms with van der Waals surface area (Å²) in [6.45, 7) is 1.85. The number of likely N-dealkylation sites (N-methyl/N-ethyl adjacent to an activating group) is 1. The molecule has 9 nitrogen and oxygen atoms in total. The molecule has 1 aromatic carbocycles. The van der Waals surface area contributed by atoms with E-state index in [0.29, 0.717) is 17.9 Å². The standard InChI is InChI=1S/C17H21Cl2NO8/c1-3-4-10(20(2)28-11-6-5-8(18)7-9(11)19)12(21)17-26-15(24)13(22)14(23)16(25)27-17/h5-7,10,12-14,17,21-23H,3-4H2,1-2H3/t10-,12-,13?,14?,17?/m0/s1. The Morgan fingerprint density at radius 2 is 1.75 bits per heavy atom. The van der Waals surface area contributed by atoms with E-state index in [2.05, 4.69) is 0 Å². The fourth-order valence-electron chi connectivity index (χ4n) is 2.61. The van der Waals surface area contributed by atoms with Crippen LogP contribution in [0.5, 0.6) is 5.75 Å². The second-order valence-corrected chi connectivity index (χ2v) is 7.03. The lowest BCUT2D eigenvalue weighted by molar-refractivity contribution is -0.221. The summed E-state index contributed by atoms with van der Waals surface area (Å²) in [6.07, 6.45) is -6.52. The van der Waals surface area contributed by atoms with Gasteiger partial charge in [-0.1, -0.05) is 36.5 Å². The molecule has 3 N–H and O–H groups in total. The summed E-state index contributed by atoms with van der Waals surface area (Å²) in [5.41, 5.74) is 0. The van der Waals surface area contributed by atoms with E-state index in [-0.39, 0.29) is 10.8 Å². The molecule has 0 saturated carbocycles. The van der Waals surface area contributed by atoms with Crippen molar-refractivity contribution in [3.05, 3.63) is 28.2 Å². The van der Waals surface area contributed by atoms with Gasteiger partial charge in [0.25, 0.3) is 6.29 Å². The number of halogens is 2. The summed E-state index contributed by atoms with van der Waals surface area (Å²) < 4.78 is 9.65. The van der Waals surface area contributed by atoms with Crippen molar-refractivity contribution in [1.82, 2.24) is 5.06 Å². The van der Waals surface area contributed by atoms with E-state index in [0.717, 1.165) is 0 Å². The zero-order valence-corrected chi connectivity index (χ0v) is 16.6. The van der Waals surface area contributed by atoms with Crippen molar-refractivity contribution in [2.45, 2.75) is 50.4 Å². The summed E-state index contributed by atoms with van der Waals surface area (Å²) in [4.78, 5) is 29.2. The van der Waals surface area contributed by atoms with Crippen LogP contribution in [0.3, 0.4) is 0 Å². The predicted molar refractivity (Wildman–Crippen MR) is 97.5 cm³/mol. The molecule has 11 heteroatoms. The molecule has 1 heterocycles. The van der Waals surface area contributed by atoms with Crippen molar-refractivity contribution in [3.63, 3.8) is 0 Å². The van der Waals surface area contributed by atoms with Crippen molar-refractivity contribution in [3.8, 4) is 5.75 Å². The first kappa shape index (κ1) is 22.7. The Morgan fingerprint density at radius 3 is 2.25 bits per heavy atom. The topological polar surface area (TPSA) is 126 Å². The fourth-order valence-corrected chi connectivity index (χ4v) is 3.05. The quantitative estimate of drug-likeness (QED) is 0.421. The van der Waals surface area contributed by atoms with Gasteiger partial charge in [0.05, 0.1) is 11.1 Å². The summed E-state index contributed by atoms with van der Waals surface area (Å²) >= 11 is 11.9. The van der Waals surface area contributed by atoms with Crippen molar-refractivity contribution >= 4 is 35.1 Å². The molecule has 1 aromatic rings. The molecule has 0 aromatic heterocycles. The second-order valence-electron chi connectivity index (χ2n) is 6.19. The van der Waals surface area contributed by atoms with Gasteiger partial charge in [-0.25, -0.2) is 9.59 Å². The molecule has 156 valence electrons. The molecule has 2 rings (SSSR count). The van der Waals surface area contributed by atoms with Crippen LogP contribution >= 0.6 is 23.2 Å². The number of rotatable bonds is 7. The molecular formula is C17H21Cl2NO8. The number of cyclic esters (lactones) is 2. The number of hydroxylamine groups is 2. The average Bonchev–Trinajstić information content (AvgIpc) is 2.74. The Labute approximate surface area is 171 Å². The van der Waals surface area contributed by atoms with Gasteiger partial charge in [0, 0.05) is 12.1 Å². The van der Waals surface area contributed by atoms with Gasteiger partial charge < -0.3 is 29.6 Å². The number of hydrogen-bond donors (Lipinski definition) is 3. The van der Waals surface area contributed by atoms with Gasteiger partial charge >= 0.3 is 11.9 Å². The van der Waals surface area contributed by atoms with Crippen LogP contribution in [-0.2, 0) is 19.1 Å². The number of hydrogen-bond acceptors (Lipinski definition) is 9. The van der Waals surface area contributed by atoms with E-state index < -0.39 is 42.6 Å². The molecule has 1 saturated heterocycles. The smallest absolute Gasteiger partial charge is 0.341 e. The molecule has 0 spiro atoms. The lowest BCUT2D eigenvalue weighted by Gasteiger charge is -2.33. The lowest BCUT2D eigenvalue weighted by atomic mass is 10.1. The lowest BCUT2D eigenvalue weighted by Crippen LogP contribution is -2.50. The summed E-state index contributed by atoms with van der Waals surface area (Å²) in [5.74, 6) is -2.31. The van der Waals surface area contributed by atoms with Gasteiger partial charge in [-0.05, 0) is 24.6 Å². The molecule has 4 atom stereocenters. The molecule has 1 aliphatic rings. The van der Waals surface area contributed by atoms with Gasteiger partial charge in [-0.2, -0.15) is 0 Å². The normalized spacial score (nSPS) is 24.9. The molecular weight excluding hydrogens is 417 g/mol. The SMILES string of the molecule is CCC[C@@H]([C@H](O)C1OC(=O)C(O)C(O)C(=O)O1)N(C)Oc1ccc(Cl)cc1Cl. The van der Waals surface area contributed by atoms with Gasteiger partial charge in [0.1, 0.15) is 6.10 Å². The van der Waals surface area contributed by atoms with Crippen LogP contribution in [0.4, 0.5) is 0 Å². The maximum absolute atomic E-state index is 11.8. The minimum atomic E-state index is -2.10. The van der Waals surface area contributed by atoms with Gasteiger partial charge in [0.15, 0.2) is 18.0 Å². The van der Waals surface area contributed by atoms with Crippen molar-refractivity contribution < 1.29 is 39.2 Å². The Morgan fingerprint density at radius 1 is 1.18 bits per heavy atom. The Kier molecular flexibility index (Phi) is 7.87. The highest BCUT2D eigenvalue weighted by molar-refractivity contribution is 6.35. The van der Waals surface area contributed by atoms with Crippen molar-refractivity contribution in [1.29, 1.82) is 0 Å². The van der Waals surface area contributed by atoms with Crippen molar-refractivity contribution in [2.75, 3.05) is 7.05 Å². The van der Waals surface area contributed by atoms with Crippen LogP contribution in [0.2, 0.25) is 10.0 Å². The molecule has 1 fully saturated rings. The number of aliphatic hydroxyl groups is 3. The summed E-state index contributed by atoms with van der Waals surface area (Å²) in [6, 6.07) is 3.79. The number of esters is 2. The van der Waals surface area contributed by atoms with Crippen LogP contribution in [-0.4, -0.2) is 70.0 Å². The zero-order valence-electron chi connectivity index (χ0n) is 15.1. The maximum atomic E-state index is 11.8. The predicted octanol–water partition coefficient (Wildman–Crippen LogP) is 0.896. The van der Waals surface area contributed by atoms with E-state index >= 15 is 0 Å². The number of benzene rings is 1. The van der Waals surface area contributed by atoms with Gasteiger partial charge in [-0.3, -0.25) is 0 Å². The molecule has 2 unspecified atom stereocenters. The summed E-state index contributed by atoms with van der Waals surface area (Å²) in [7, 11) is 1.51. The van der Waals surface area contributed by atoms with E-state index in [4.69, 9.17) is 37.5 Å². The van der Waals surface area contributed by atoms with E-state index in [1.807, 2.05) is 6.92 Å². The maximum Gasteiger partial charge on any atom is 0.341 e. The highest BCUT2D eigenvalue weighted by Crippen LogP contribution is 2.29. The number of carbonyl (C=O) groups excluding carboxylic acids is 2. The van der Waals surface area contributed by atoms with Crippen LogP contribution in [0, 0.1) is 0 Å². The number of nitrogens with zero attached hydrogens (tertiary/aromatic N) is 1. The number of ether oxygens (including phenoxy) is 2. The average molecular weight is 438 g/mol. The Bertz CT molecular complexity index is 696. The van der Waals surface area contributed by atoms with Gasteiger partial charge in [0.2, 0.25) is 0 Å². The molecule has 0 aliphatic carbocycles. The highest BCUT2D eigenvalue weighted by Gasteiger charge is 2.44. The largest absolute Gasteiger partial charge is 0.420 e. The molecule has 0 radical (unpaired) electrons. The summed E-state index contributed by atoms with van der Waals surface area (Å²) in [5, 5.41) is 31.7. The number of aliphatic hydroxyl groups excluding tert-OH is 3. The third kappa shape index (κ3) is 5.25. The number of carbonyl (C=O) groups is 2. The van der Waals surface area contributed by atoms with Crippen LogP contribution in [0.25, 0.3) is 0 Å². The van der Waals surface area contributed by atoms with Crippen LogP contribution < -0.4 is 4.84 Å². The first-order valence-electron chi connectivity index (χ1n) is 8.46. The Hall–Kier alpha value is -1.62. The van der Waals surface area contributed by atoms with Crippen LogP contribution in [0.1, 0.15) is 19.8 Å². The molecule has 0 bridgehead atoms. The van der Waals surface area contributed by atoms with E-state index in [9.17, 15) is 24.9 Å². The molecule has 28 heavy (non-hydrogen) atoms. The third-order valence-corrected chi connectivity index (χ3v) is 4.64. The minimum absolute atomic E-state index is 0.239. The van der Waals surface area contributed by atoms with Crippen LogP contribution in [0.15, 0.2) is 18.2 Å². The molecule has 1 aliphatic heterocycles. The van der Waals surface area contributed by atoms with Crippen molar-refractivity contribution in [2.24, 2.45) is 0 Å². The second kappa shape index (κ2) is 9.73. The highest BCUT2D eigenvalue weighted by atomic mass is 35.5. The van der Waals surface area contributed by atoms with E-state index in [1.54, 1.807) is 6.07 Å².